The summed E-state index contributed by atoms with van der Waals surface area (Å²) in [5.74, 6) is -1.27. The summed E-state index contributed by atoms with van der Waals surface area (Å²) in [6.07, 6.45) is 6.30. The highest BCUT2D eigenvalue weighted by Crippen LogP contribution is 2.35. The molecule has 1 aliphatic heterocycles. The Labute approximate surface area is 187 Å². The summed E-state index contributed by atoms with van der Waals surface area (Å²) in [5, 5.41) is 5.48. The van der Waals surface area contributed by atoms with Gasteiger partial charge in [0.05, 0.1) is 11.3 Å². The Morgan fingerprint density at radius 3 is 2.55 bits per heavy atom. The molecule has 1 aliphatic rings. The maximum atomic E-state index is 13.2. The number of fused-ring (bicyclic) bond motifs is 1. The molecule has 0 fully saturated rings. The van der Waals surface area contributed by atoms with Gasteiger partial charge < -0.3 is 20.6 Å². The standard InChI is InChI=1S/C25H17FN4O3/c26-15-5-3-14(4-6-15)20-12-27-13-21(23(20)31)25(33)29-17-7-8-18-19(10-16-2-1-9-28-16)24(32)30-22(18)11-17/h1-13,28H,(H,27,31)(H,29,33)(H,30,32)/b19-10-. The maximum Gasteiger partial charge on any atom is 0.261 e. The smallest absolute Gasteiger partial charge is 0.261 e. The molecule has 2 amide bonds. The van der Waals surface area contributed by atoms with Gasteiger partial charge in [0.25, 0.3) is 11.8 Å². The van der Waals surface area contributed by atoms with E-state index in [4.69, 9.17) is 0 Å². The highest BCUT2D eigenvalue weighted by atomic mass is 19.1. The molecule has 0 aliphatic carbocycles. The van der Waals surface area contributed by atoms with Crippen LogP contribution in [0.3, 0.4) is 0 Å². The van der Waals surface area contributed by atoms with Crippen molar-refractivity contribution in [2.75, 3.05) is 10.6 Å². The molecule has 2 aromatic carbocycles. The molecule has 0 spiro atoms. The van der Waals surface area contributed by atoms with Crippen LogP contribution in [0.1, 0.15) is 21.6 Å². The Bertz CT molecular complexity index is 1470. The summed E-state index contributed by atoms with van der Waals surface area (Å²) in [6, 6.07) is 14.2. The molecule has 5 rings (SSSR count). The fourth-order valence-corrected chi connectivity index (χ4v) is 3.70. The summed E-state index contributed by atoms with van der Waals surface area (Å²) < 4.78 is 13.2. The van der Waals surface area contributed by atoms with Gasteiger partial charge in [-0.15, -0.1) is 0 Å². The van der Waals surface area contributed by atoms with Crippen LogP contribution < -0.4 is 16.1 Å². The number of amides is 2. The monoisotopic (exact) mass is 440 g/mol. The van der Waals surface area contributed by atoms with Gasteiger partial charge in [-0.05, 0) is 48.0 Å². The van der Waals surface area contributed by atoms with E-state index in [1.807, 2.05) is 12.1 Å². The number of pyridine rings is 1. The quantitative estimate of drug-likeness (QED) is 0.356. The number of carbonyl (C=O) groups is 2. The highest BCUT2D eigenvalue weighted by Gasteiger charge is 2.25. The van der Waals surface area contributed by atoms with Crippen LogP contribution in [0.15, 0.2) is 78.0 Å². The number of anilines is 2. The predicted molar refractivity (Wildman–Crippen MR) is 124 cm³/mol. The van der Waals surface area contributed by atoms with Gasteiger partial charge >= 0.3 is 0 Å². The van der Waals surface area contributed by atoms with Crippen LogP contribution in [0.4, 0.5) is 15.8 Å². The topological polar surface area (TPSA) is 107 Å². The summed E-state index contributed by atoms with van der Waals surface area (Å²) in [7, 11) is 0. The largest absolute Gasteiger partial charge is 0.366 e. The molecule has 33 heavy (non-hydrogen) atoms. The average Bonchev–Trinajstić information content (AvgIpc) is 3.42. The predicted octanol–water partition coefficient (Wildman–Crippen LogP) is 4.25. The number of benzene rings is 2. The van der Waals surface area contributed by atoms with Gasteiger partial charge in [0, 0.05) is 41.1 Å². The Morgan fingerprint density at radius 2 is 1.79 bits per heavy atom. The van der Waals surface area contributed by atoms with Gasteiger partial charge in [-0.1, -0.05) is 18.2 Å². The van der Waals surface area contributed by atoms with Crippen molar-refractivity contribution >= 4 is 34.8 Å². The van der Waals surface area contributed by atoms with Crippen molar-refractivity contribution in [3.63, 3.8) is 0 Å². The number of aromatic amines is 2. The summed E-state index contributed by atoms with van der Waals surface area (Å²) in [6.45, 7) is 0. The number of hydrogen-bond donors (Lipinski definition) is 4. The first-order valence-electron chi connectivity index (χ1n) is 10.1. The zero-order valence-corrected chi connectivity index (χ0v) is 17.1. The molecule has 0 saturated carbocycles. The lowest BCUT2D eigenvalue weighted by molar-refractivity contribution is -0.110. The van der Waals surface area contributed by atoms with Gasteiger partial charge in [-0.3, -0.25) is 14.4 Å². The van der Waals surface area contributed by atoms with Gasteiger partial charge in [-0.25, -0.2) is 4.39 Å². The number of aromatic nitrogens is 2. The third-order valence-corrected chi connectivity index (χ3v) is 5.33. The van der Waals surface area contributed by atoms with E-state index < -0.39 is 17.2 Å². The van der Waals surface area contributed by atoms with E-state index in [9.17, 15) is 18.8 Å². The van der Waals surface area contributed by atoms with Gasteiger partial charge in [0.1, 0.15) is 11.4 Å². The second kappa shape index (κ2) is 8.08. The minimum atomic E-state index is -0.605. The Balaban J connectivity index is 1.41. The lowest BCUT2D eigenvalue weighted by Crippen LogP contribution is -2.22. The molecular formula is C25H17FN4O3. The van der Waals surface area contributed by atoms with Gasteiger partial charge in [0.15, 0.2) is 0 Å². The summed E-state index contributed by atoms with van der Waals surface area (Å²) in [5.41, 5.74) is 3.17. The first-order valence-corrected chi connectivity index (χ1v) is 10.1. The van der Waals surface area contributed by atoms with Crippen molar-refractivity contribution in [2.24, 2.45) is 0 Å². The molecule has 0 unspecified atom stereocenters. The van der Waals surface area contributed by atoms with E-state index in [1.54, 1.807) is 30.5 Å². The first-order chi connectivity index (χ1) is 16.0. The third-order valence-electron chi connectivity index (χ3n) is 5.33. The molecule has 0 radical (unpaired) electrons. The lowest BCUT2D eigenvalue weighted by atomic mass is 10.0. The van der Waals surface area contributed by atoms with E-state index in [-0.39, 0.29) is 17.0 Å². The van der Waals surface area contributed by atoms with Crippen molar-refractivity contribution in [3.8, 4) is 11.1 Å². The molecule has 0 saturated heterocycles. The van der Waals surface area contributed by atoms with E-state index in [1.165, 1.54) is 36.7 Å². The molecular weight excluding hydrogens is 423 g/mol. The minimum absolute atomic E-state index is 0.0892. The van der Waals surface area contributed by atoms with Crippen molar-refractivity contribution in [1.82, 2.24) is 9.97 Å². The van der Waals surface area contributed by atoms with Crippen LogP contribution in [0, 0.1) is 5.82 Å². The molecule has 7 nitrogen and oxygen atoms in total. The second-order valence-corrected chi connectivity index (χ2v) is 7.47. The molecule has 8 heteroatoms. The number of hydrogen-bond acceptors (Lipinski definition) is 3. The number of nitrogens with one attached hydrogen (secondary N) is 4. The van der Waals surface area contributed by atoms with E-state index in [2.05, 4.69) is 20.6 Å². The number of rotatable bonds is 4. The van der Waals surface area contributed by atoms with Crippen molar-refractivity contribution in [1.29, 1.82) is 0 Å². The van der Waals surface area contributed by atoms with Crippen LogP contribution >= 0.6 is 0 Å². The molecule has 0 atom stereocenters. The van der Waals surface area contributed by atoms with Crippen molar-refractivity contribution in [3.05, 3.63) is 106 Å². The van der Waals surface area contributed by atoms with E-state index in [0.717, 1.165) is 5.69 Å². The van der Waals surface area contributed by atoms with E-state index >= 15 is 0 Å². The fraction of sp³-hybridized carbons (Fsp3) is 0. The van der Waals surface area contributed by atoms with Crippen LogP contribution in [-0.2, 0) is 4.79 Å². The lowest BCUT2D eigenvalue weighted by Gasteiger charge is -2.08. The first kappa shape index (κ1) is 20.2. The fourth-order valence-electron chi connectivity index (χ4n) is 3.70. The number of carbonyl (C=O) groups excluding carboxylic acids is 2. The third kappa shape index (κ3) is 3.85. The Morgan fingerprint density at radius 1 is 0.970 bits per heavy atom. The average molecular weight is 440 g/mol. The van der Waals surface area contributed by atoms with Crippen LogP contribution in [0.2, 0.25) is 0 Å². The maximum absolute atomic E-state index is 13.2. The number of H-pyrrole nitrogens is 2. The van der Waals surface area contributed by atoms with Crippen LogP contribution in [0.5, 0.6) is 0 Å². The summed E-state index contributed by atoms with van der Waals surface area (Å²) in [4.78, 5) is 43.9. The number of halogens is 1. The van der Waals surface area contributed by atoms with Gasteiger partial charge in [-0.2, -0.15) is 0 Å². The van der Waals surface area contributed by atoms with E-state index in [0.29, 0.717) is 28.1 Å². The van der Waals surface area contributed by atoms with Crippen LogP contribution in [0.25, 0.3) is 22.8 Å². The zero-order chi connectivity index (χ0) is 22.9. The normalized spacial score (nSPS) is 13.6. The summed E-state index contributed by atoms with van der Waals surface area (Å²) >= 11 is 0. The Hall–Kier alpha value is -4.72. The molecule has 2 aromatic heterocycles. The SMILES string of the molecule is O=C1Nc2cc(NC(=O)c3c[nH]cc(-c4ccc(F)cc4)c3=O)ccc2/C1=C/c1ccc[nH]1. The second-order valence-electron chi connectivity index (χ2n) is 7.47. The Kier molecular flexibility index (Phi) is 4.95. The minimum Gasteiger partial charge on any atom is -0.366 e. The molecule has 162 valence electrons. The van der Waals surface area contributed by atoms with Gasteiger partial charge in [0.2, 0.25) is 5.43 Å². The molecule has 0 bridgehead atoms. The molecule has 4 aromatic rings. The van der Waals surface area contributed by atoms with Crippen molar-refractivity contribution in [2.45, 2.75) is 0 Å². The molecule has 4 N–H and O–H groups in total. The van der Waals surface area contributed by atoms with Crippen molar-refractivity contribution < 1.29 is 14.0 Å². The molecule has 3 heterocycles. The van der Waals surface area contributed by atoms with Crippen LogP contribution in [-0.4, -0.2) is 21.8 Å². The highest BCUT2D eigenvalue weighted by molar-refractivity contribution is 6.35. The zero-order valence-electron chi connectivity index (χ0n) is 17.1.